The summed E-state index contributed by atoms with van der Waals surface area (Å²) in [6, 6.07) is 0. The van der Waals surface area contributed by atoms with Crippen LogP contribution in [0.5, 0.6) is 0 Å². The van der Waals surface area contributed by atoms with Crippen molar-refractivity contribution < 1.29 is 14.2 Å². The van der Waals surface area contributed by atoms with Crippen molar-refractivity contribution in [2.75, 3.05) is 26.4 Å². The molecule has 0 atom stereocenters. The van der Waals surface area contributed by atoms with Crippen molar-refractivity contribution in [2.24, 2.45) is 11.3 Å². The average Bonchev–Trinajstić information content (AvgIpc) is 2.81. The number of hydrogen-bond donors (Lipinski definition) is 0. The predicted molar refractivity (Wildman–Crippen MR) is 62.3 cm³/mol. The van der Waals surface area contributed by atoms with Crippen LogP contribution >= 0.6 is 0 Å². The Bertz CT molecular complexity index is 203. The second-order valence-electron chi connectivity index (χ2n) is 5.40. The summed E-state index contributed by atoms with van der Waals surface area (Å²) < 4.78 is 16.8. The zero-order chi connectivity index (χ0) is 11.4. The molecule has 2 fully saturated rings. The van der Waals surface area contributed by atoms with Crippen molar-refractivity contribution >= 4 is 0 Å². The van der Waals surface area contributed by atoms with E-state index in [1.54, 1.807) is 0 Å². The van der Waals surface area contributed by atoms with E-state index in [1.807, 2.05) is 0 Å². The second kappa shape index (κ2) is 5.48. The molecule has 0 spiro atoms. The minimum Gasteiger partial charge on any atom is -0.381 e. The first-order valence-electron chi connectivity index (χ1n) is 6.54. The highest BCUT2D eigenvalue weighted by Gasteiger charge is 2.36. The van der Waals surface area contributed by atoms with Gasteiger partial charge in [0.1, 0.15) is 0 Å². The van der Waals surface area contributed by atoms with E-state index in [2.05, 4.69) is 13.8 Å². The third-order valence-corrected chi connectivity index (χ3v) is 3.92. The lowest BCUT2D eigenvalue weighted by molar-refractivity contribution is -0.105. The lowest BCUT2D eigenvalue weighted by Gasteiger charge is -2.38. The molecule has 1 aliphatic heterocycles. The largest absolute Gasteiger partial charge is 0.381 e. The molecule has 0 aromatic carbocycles. The highest BCUT2D eigenvalue weighted by atomic mass is 16.7. The van der Waals surface area contributed by atoms with Crippen LogP contribution in [-0.2, 0) is 14.2 Å². The average molecular weight is 228 g/mol. The summed E-state index contributed by atoms with van der Waals surface area (Å²) in [7, 11) is 0. The third-order valence-electron chi connectivity index (χ3n) is 3.92. The van der Waals surface area contributed by atoms with Crippen molar-refractivity contribution in [3.05, 3.63) is 0 Å². The Balaban J connectivity index is 1.76. The molecular weight excluding hydrogens is 204 g/mol. The Morgan fingerprint density at radius 2 is 1.81 bits per heavy atom. The summed E-state index contributed by atoms with van der Waals surface area (Å²) in [6.07, 6.45) is 4.99. The minimum atomic E-state index is 0.0802. The maximum Gasteiger partial charge on any atom is 0.160 e. The van der Waals surface area contributed by atoms with Gasteiger partial charge < -0.3 is 14.2 Å². The smallest absolute Gasteiger partial charge is 0.160 e. The van der Waals surface area contributed by atoms with E-state index in [4.69, 9.17) is 14.2 Å². The van der Waals surface area contributed by atoms with E-state index < -0.39 is 0 Å². The number of rotatable bonds is 4. The Labute approximate surface area is 98.4 Å². The van der Waals surface area contributed by atoms with Gasteiger partial charge in [-0.3, -0.25) is 0 Å². The molecule has 1 saturated heterocycles. The molecule has 0 unspecified atom stereocenters. The predicted octanol–water partition coefficient (Wildman–Crippen LogP) is 2.59. The highest BCUT2D eigenvalue weighted by Crippen LogP contribution is 2.41. The molecule has 16 heavy (non-hydrogen) atoms. The molecule has 3 heteroatoms. The van der Waals surface area contributed by atoms with E-state index in [-0.39, 0.29) is 6.29 Å². The van der Waals surface area contributed by atoms with Gasteiger partial charge in [0, 0.05) is 12.5 Å². The fourth-order valence-electron chi connectivity index (χ4n) is 2.75. The van der Waals surface area contributed by atoms with Crippen LogP contribution in [0, 0.1) is 11.3 Å². The molecule has 0 radical (unpaired) electrons. The summed E-state index contributed by atoms with van der Waals surface area (Å²) >= 11 is 0. The van der Waals surface area contributed by atoms with E-state index >= 15 is 0 Å². The van der Waals surface area contributed by atoms with Gasteiger partial charge in [-0.1, -0.05) is 6.92 Å². The first kappa shape index (κ1) is 12.3. The molecule has 94 valence electrons. The topological polar surface area (TPSA) is 27.7 Å². The van der Waals surface area contributed by atoms with Gasteiger partial charge in [0.25, 0.3) is 0 Å². The molecular formula is C13H24O3. The van der Waals surface area contributed by atoms with Crippen molar-refractivity contribution in [3.8, 4) is 0 Å². The summed E-state index contributed by atoms with van der Waals surface area (Å²) in [5.74, 6) is 0.609. The summed E-state index contributed by atoms with van der Waals surface area (Å²) in [6.45, 7) is 7.69. The molecule has 1 heterocycles. The van der Waals surface area contributed by atoms with Crippen molar-refractivity contribution in [2.45, 2.75) is 45.8 Å². The fraction of sp³-hybridized carbons (Fsp3) is 1.00. The van der Waals surface area contributed by atoms with Crippen molar-refractivity contribution in [1.29, 1.82) is 0 Å². The fourth-order valence-corrected chi connectivity index (χ4v) is 2.75. The molecule has 0 N–H and O–H groups in total. The van der Waals surface area contributed by atoms with Crippen molar-refractivity contribution in [3.63, 3.8) is 0 Å². The van der Waals surface area contributed by atoms with Gasteiger partial charge in [-0.05, 0) is 38.0 Å². The third kappa shape index (κ3) is 2.96. The lowest BCUT2D eigenvalue weighted by atomic mass is 9.72. The van der Waals surface area contributed by atoms with Gasteiger partial charge in [-0.25, -0.2) is 0 Å². The zero-order valence-corrected chi connectivity index (χ0v) is 10.5. The molecule has 2 aliphatic rings. The van der Waals surface area contributed by atoms with E-state index in [0.29, 0.717) is 11.3 Å². The summed E-state index contributed by atoms with van der Waals surface area (Å²) in [4.78, 5) is 0. The molecule has 0 amide bonds. The summed E-state index contributed by atoms with van der Waals surface area (Å²) in [5.41, 5.74) is 0.380. The van der Waals surface area contributed by atoms with Crippen LogP contribution in [0.3, 0.4) is 0 Å². The quantitative estimate of drug-likeness (QED) is 0.740. The van der Waals surface area contributed by atoms with Gasteiger partial charge in [0.05, 0.1) is 19.8 Å². The van der Waals surface area contributed by atoms with Gasteiger partial charge in [0.2, 0.25) is 0 Å². The second-order valence-corrected chi connectivity index (χ2v) is 5.40. The maximum absolute atomic E-state index is 5.59. The van der Waals surface area contributed by atoms with Crippen LogP contribution in [0.15, 0.2) is 0 Å². The highest BCUT2D eigenvalue weighted by molar-refractivity contribution is 4.83. The van der Waals surface area contributed by atoms with Gasteiger partial charge in [-0.15, -0.1) is 0 Å². The van der Waals surface area contributed by atoms with Gasteiger partial charge in [0.15, 0.2) is 6.29 Å². The first-order chi connectivity index (χ1) is 7.73. The van der Waals surface area contributed by atoms with Crippen molar-refractivity contribution in [1.82, 2.24) is 0 Å². The van der Waals surface area contributed by atoms with E-state index in [0.717, 1.165) is 26.4 Å². The minimum absolute atomic E-state index is 0.0802. The normalized spacial score (nSPS) is 36.8. The molecule has 0 aromatic heterocycles. The Morgan fingerprint density at radius 1 is 1.19 bits per heavy atom. The number of ether oxygens (including phenoxy) is 3. The van der Waals surface area contributed by atoms with Crippen LogP contribution in [0.4, 0.5) is 0 Å². The molecule has 1 aliphatic carbocycles. The van der Waals surface area contributed by atoms with Crippen LogP contribution in [0.25, 0.3) is 0 Å². The monoisotopic (exact) mass is 228 g/mol. The Hall–Kier alpha value is -0.120. The molecule has 0 aromatic rings. The van der Waals surface area contributed by atoms with Crippen LogP contribution in [0.2, 0.25) is 0 Å². The van der Waals surface area contributed by atoms with E-state index in [9.17, 15) is 0 Å². The zero-order valence-electron chi connectivity index (χ0n) is 10.5. The van der Waals surface area contributed by atoms with Crippen LogP contribution < -0.4 is 0 Å². The first-order valence-corrected chi connectivity index (χ1v) is 6.54. The summed E-state index contributed by atoms with van der Waals surface area (Å²) in [5, 5.41) is 0. The van der Waals surface area contributed by atoms with E-state index in [1.165, 1.54) is 25.7 Å². The molecule has 3 nitrogen and oxygen atoms in total. The molecule has 1 saturated carbocycles. The Morgan fingerprint density at radius 3 is 2.38 bits per heavy atom. The van der Waals surface area contributed by atoms with Crippen LogP contribution in [-0.4, -0.2) is 32.7 Å². The molecule has 2 rings (SSSR count). The van der Waals surface area contributed by atoms with Gasteiger partial charge in [-0.2, -0.15) is 0 Å². The number of hydrogen-bond acceptors (Lipinski definition) is 3. The maximum atomic E-state index is 5.59. The standard InChI is InChI=1S/C13H24O3/c1-3-14-10-13(2)6-4-11(5-7-13)12-15-8-9-16-12/h11-12H,3-10H2,1-2H3. The lowest BCUT2D eigenvalue weighted by Crippen LogP contribution is -2.33. The van der Waals surface area contributed by atoms with Gasteiger partial charge >= 0.3 is 0 Å². The molecule has 0 bridgehead atoms. The Kier molecular flexibility index (Phi) is 4.22. The van der Waals surface area contributed by atoms with Crippen LogP contribution in [0.1, 0.15) is 39.5 Å². The SMILES string of the molecule is CCOCC1(C)CCC(C2OCCO2)CC1.